The molecule has 2 nitrogen and oxygen atoms in total. The third-order valence-corrected chi connectivity index (χ3v) is 3.68. The molecule has 0 amide bonds. The summed E-state index contributed by atoms with van der Waals surface area (Å²) in [6, 6.07) is 4.32. The van der Waals surface area contributed by atoms with Crippen molar-refractivity contribution in [1.29, 1.82) is 0 Å². The molecule has 1 aromatic rings. The Bertz CT molecular complexity index is 447. The summed E-state index contributed by atoms with van der Waals surface area (Å²) in [4.78, 5) is 0. The Morgan fingerprint density at radius 3 is 1.25 bits per heavy atom. The average molecular weight is 275 g/mol. The number of nitrogens with zero attached hydrogens (tertiary/aromatic N) is 1. The molecule has 20 heavy (non-hydrogen) atoms. The van der Waals surface area contributed by atoms with Gasteiger partial charge in [0, 0.05) is 0 Å². The van der Waals surface area contributed by atoms with Crippen molar-refractivity contribution in [2.75, 3.05) is 0 Å². The summed E-state index contributed by atoms with van der Waals surface area (Å²) >= 11 is 0. The molecule has 1 rings (SSSR count). The Morgan fingerprint density at radius 2 is 1.05 bits per heavy atom. The summed E-state index contributed by atoms with van der Waals surface area (Å²) in [5.41, 5.74) is 7.23. The fourth-order valence-electron chi connectivity index (χ4n) is 2.31. The van der Waals surface area contributed by atoms with Gasteiger partial charge in [-0.1, -0.05) is 74.4 Å². The SMILES string of the molecule is CC(C)(C)c1cc(C(C)(C)C)c([N][O-])c(C(C)(C)C)c1. The van der Waals surface area contributed by atoms with Gasteiger partial charge in [0.25, 0.3) is 0 Å². The van der Waals surface area contributed by atoms with Gasteiger partial charge in [-0.15, -0.1) is 0 Å². The van der Waals surface area contributed by atoms with Gasteiger partial charge < -0.3 is 10.7 Å². The first-order chi connectivity index (χ1) is 8.78. The van der Waals surface area contributed by atoms with E-state index in [1.165, 1.54) is 5.56 Å². The van der Waals surface area contributed by atoms with Crippen molar-refractivity contribution >= 4 is 5.69 Å². The average Bonchev–Trinajstić information content (AvgIpc) is 2.23. The smallest absolute Gasteiger partial charge is 0.0519 e. The lowest BCUT2D eigenvalue weighted by Crippen LogP contribution is -2.23. The van der Waals surface area contributed by atoms with Gasteiger partial charge in [-0.3, -0.25) is 0 Å². The second-order valence-electron chi connectivity index (χ2n) is 8.76. The van der Waals surface area contributed by atoms with Crippen LogP contribution in [-0.2, 0) is 16.2 Å². The maximum absolute atomic E-state index is 11.5. The van der Waals surface area contributed by atoms with E-state index >= 15 is 0 Å². The molecule has 1 aromatic carbocycles. The molecule has 0 aliphatic carbocycles. The van der Waals surface area contributed by atoms with Gasteiger partial charge in [-0.25, -0.2) is 0 Å². The molecule has 0 unspecified atom stereocenters. The molecule has 0 aliphatic heterocycles. The van der Waals surface area contributed by atoms with Crippen LogP contribution in [0.3, 0.4) is 0 Å². The quantitative estimate of drug-likeness (QED) is 0.640. The molecule has 2 heteroatoms. The molecule has 0 fully saturated rings. The highest BCUT2D eigenvalue weighted by Crippen LogP contribution is 2.41. The van der Waals surface area contributed by atoms with Crippen molar-refractivity contribution in [3.8, 4) is 0 Å². The van der Waals surface area contributed by atoms with Gasteiger partial charge in [-0.05, 0) is 32.9 Å². The Balaban J connectivity index is 3.75. The van der Waals surface area contributed by atoms with Crippen LogP contribution in [0.15, 0.2) is 12.1 Å². The molecular weight excluding hydrogens is 246 g/mol. The third-order valence-electron chi connectivity index (χ3n) is 3.68. The van der Waals surface area contributed by atoms with E-state index < -0.39 is 0 Å². The van der Waals surface area contributed by atoms with Gasteiger partial charge in [-0.2, -0.15) is 0 Å². The largest absolute Gasteiger partial charge is 0.739 e. The molecule has 0 N–H and O–H groups in total. The van der Waals surface area contributed by atoms with E-state index in [0.717, 1.165) is 11.1 Å². The highest BCUT2D eigenvalue weighted by atomic mass is 16.5. The van der Waals surface area contributed by atoms with E-state index in [1.54, 1.807) is 0 Å². The topological polar surface area (TPSA) is 37.2 Å². The maximum Gasteiger partial charge on any atom is 0.0519 e. The normalized spacial score (nSPS) is 13.5. The van der Waals surface area contributed by atoms with Gasteiger partial charge in [0.2, 0.25) is 0 Å². The molecule has 1 radical (unpaired) electrons. The zero-order valence-corrected chi connectivity index (χ0v) is 14.5. The number of rotatable bonds is 1. The van der Waals surface area contributed by atoms with Crippen LogP contribution in [0.1, 0.15) is 79.0 Å². The van der Waals surface area contributed by atoms with Crippen molar-refractivity contribution < 1.29 is 0 Å². The van der Waals surface area contributed by atoms with Gasteiger partial charge in [0.15, 0.2) is 0 Å². The predicted molar refractivity (Wildman–Crippen MR) is 87.7 cm³/mol. The highest BCUT2D eigenvalue weighted by Gasteiger charge is 2.28. The number of hydrogen-bond donors (Lipinski definition) is 0. The first kappa shape index (κ1) is 17.0. The monoisotopic (exact) mass is 275 g/mol. The van der Waals surface area contributed by atoms with E-state index in [0.29, 0.717) is 5.69 Å². The third kappa shape index (κ3) is 3.54. The molecule has 0 saturated heterocycles. The van der Waals surface area contributed by atoms with E-state index in [-0.39, 0.29) is 16.2 Å². The minimum atomic E-state index is -0.0928. The van der Waals surface area contributed by atoms with Crippen molar-refractivity contribution in [2.24, 2.45) is 0 Å². The summed E-state index contributed by atoms with van der Waals surface area (Å²) in [6.45, 7) is 19.4. The number of hydrogen-bond acceptors (Lipinski definition) is 1. The van der Waals surface area contributed by atoms with Crippen LogP contribution in [0.2, 0.25) is 0 Å². The molecule has 0 aliphatic rings. The van der Waals surface area contributed by atoms with E-state index in [1.807, 2.05) is 0 Å². The Kier molecular flexibility index (Phi) is 4.32. The highest BCUT2D eigenvalue weighted by molar-refractivity contribution is 5.60. The van der Waals surface area contributed by atoms with Crippen LogP contribution in [0.5, 0.6) is 0 Å². The van der Waals surface area contributed by atoms with Crippen LogP contribution in [-0.4, -0.2) is 0 Å². The predicted octanol–water partition coefficient (Wildman–Crippen LogP) is 5.31. The summed E-state index contributed by atoms with van der Waals surface area (Å²) in [5.74, 6) is 0. The van der Waals surface area contributed by atoms with E-state index in [4.69, 9.17) is 0 Å². The van der Waals surface area contributed by atoms with Crippen LogP contribution in [0.25, 0.3) is 0 Å². The molecule has 0 heterocycles. The summed E-state index contributed by atoms with van der Waals surface area (Å²) in [7, 11) is 0. The second kappa shape index (κ2) is 5.07. The van der Waals surface area contributed by atoms with Crippen molar-refractivity contribution in [1.82, 2.24) is 5.48 Å². The molecule has 113 valence electrons. The summed E-state index contributed by atoms with van der Waals surface area (Å²) in [5, 5.41) is 11.5. The van der Waals surface area contributed by atoms with Crippen molar-refractivity contribution in [3.05, 3.63) is 34.0 Å². The summed E-state index contributed by atoms with van der Waals surface area (Å²) in [6.07, 6.45) is 0. The lowest BCUT2D eigenvalue weighted by molar-refractivity contribution is 0.547. The lowest BCUT2D eigenvalue weighted by Gasteiger charge is -2.34. The molecule has 0 spiro atoms. The van der Waals surface area contributed by atoms with Crippen LogP contribution < -0.4 is 5.48 Å². The van der Waals surface area contributed by atoms with Gasteiger partial charge >= 0.3 is 0 Å². The molecular formula is C18H29NO-. The van der Waals surface area contributed by atoms with Crippen molar-refractivity contribution in [3.63, 3.8) is 0 Å². The Labute approximate surface area is 124 Å². The van der Waals surface area contributed by atoms with Gasteiger partial charge in [0.1, 0.15) is 0 Å². The van der Waals surface area contributed by atoms with Crippen LogP contribution in [0.4, 0.5) is 5.69 Å². The van der Waals surface area contributed by atoms with E-state index in [9.17, 15) is 5.21 Å². The minimum absolute atomic E-state index is 0.0570. The molecule has 0 aromatic heterocycles. The zero-order chi connectivity index (χ0) is 15.9. The molecule has 0 saturated carbocycles. The molecule has 0 bridgehead atoms. The van der Waals surface area contributed by atoms with Gasteiger partial charge in [0.05, 0.1) is 5.69 Å². The van der Waals surface area contributed by atoms with Crippen molar-refractivity contribution in [2.45, 2.75) is 78.6 Å². The van der Waals surface area contributed by atoms with Crippen LogP contribution in [0, 0.1) is 5.21 Å². The lowest BCUT2D eigenvalue weighted by atomic mass is 9.74. The maximum atomic E-state index is 11.5. The van der Waals surface area contributed by atoms with Crippen LogP contribution >= 0.6 is 0 Å². The Morgan fingerprint density at radius 1 is 0.700 bits per heavy atom. The zero-order valence-electron chi connectivity index (χ0n) is 14.5. The fourth-order valence-corrected chi connectivity index (χ4v) is 2.31. The minimum Gasteiger partial charge on any atom is -0.739 e. The second-order valence-corrected chi connectivity index (χ2v) is 8.76. The fraction of sp³-hybridized carbons (Fsp3) is 0.667. The summed E-state index contributed by atoms with van der Waals surface area (Å²) < 4.78 is 0. The standard InChI is InChI=1S/C18H29NO/c1-16(2,3)12-10-13(17(4,5)6)15(19-20)14(11-12)18(7,8)9/h10-11H,1-9H3/q-1. The van der Waals surface area contributed by atoms with E-state index in [2.05, 4.69) is 79.9 Å². The molecule has 0 atom stereocenters. The first-order valence-electron chi connectivity index (χ1n) is 7.31. The number of benzene rings is 1. The first-order valence-corrected chi connectivity index (χ1v) is 7.31. The Hall–Kier alpha value is -1.02.